The van der Waals surface area contributed by atoms with Gasteiger partial charge in [-0.3, -0.25) is 18.6 Å². The number of nitrogens with one attached hydrogen (secondary N) is 2. The van der Waals surface area contributed by atoms with Gasteiger partial charge in [-0.15, -0.1) is 0 Å². The molecule has 260 valence electrons. The summed E-state index contributed by atoms with van der Waals surface area (Å²) in [6.45, 7) is 0. The van der Waals surface area contributed by atoms with Gasteiger partial charge in [0.25, 0.3) is 0 Å². The first-order valence-corrected chi connectivity index (χ1v) is 18.5. The molecule has 0 spiro atoms. The summed E-state index contributed by atoms with van der Waals surface area (Å²) >= 11 is 6.22. The van der Waals surface area contributed by atoms with E-state index >= 15 is 0 Å². The SMILES string of the molecule is CN(c1ccccc1Cl)S(=O)c1ccc2nc(-c3ccccn3)[nH]c2c1.CN(c1ccccc1F)S(=O)c1ccc2nc(-c3ccccn3)[nH]c2c1. The van der Waals surface area contributed by atoms with E-state index in [4.69, 9.17) is 11.6 Å². The Morgan fingerprint density at radius 2 is 1.06 bits per heavy atom. The van der Waals surface area contributed by atoms with Crippen LogP contribution in [0.25, 0.3) is 45.1 Å². The quantitative estimate of drug-likeness (QED) is 0.161. The summed E-state index contributed by atoms with van der Waals surface area (Å²) in [7, 11) is 0.414. The van der Waals surface area contributed by atoms with Crippen LogP contribution in [0.5, 0.6) is 0 Å². The number of halogens is 2. The third kappa shape index (κ3) is 7.33. The minimum Gasteiger partial charge on any atom is -0.337 e. The van der Waals surface area contributed by atoms with Gasteiger partial charge < -0.3 is 9.97 Å². The highest BCUT2D eigenvalue weighted by molar-refractivity contribution is 7.86. The maximum atomic E-state index is 14.0. The molecule has 4 aromatic carbocycles. The fraction of sp³-hybridized carbons (Fsp3) is 0.0526. The van der Waals surface area contributed by atoms with E-state index in [1.807, 2.05) is 72.8 Å². The molecule has 0 fully saturated rings. The molecule has 0 aliphatic rings. The first-order chi connectivity index (χ1) is 25.3. The monoisotopic (exact) mass is 748 g/mol. The Morgan fingerprint density at radius 3 is 1.54 bits per heavy atom. The standard InChI is InChI=1S/C19H15ClN4OS.C19H15FN4OS/c2*1-24(18-8-3-2-6-14(18)20)26(25)13-9-10-15-17(12-13)23-19(22-15)16-7-4-5-11-21-16/h2*2-12H,1H3,(H,22,23). The number of anilines is 2. The molecular formula is C38H30ClFN8O2S2. The summed E-state index contributed by atoms with van der Waals surface area (Å²) in [4.78, 5) is 25.3. The molecule has 8 aromatic rings. The zero-order valence-corrected chi connectivity index (χ0v) is 30.2. The predicted octanol–water partition coefficient (Wildman–Crippen LogP) is 8.36. The van der Waals surface area contributed by atoms with Gasteiger partial charge in [-0.1, -0.05) is 48.0 Å². The first kappa shape index (κ1) is 34.7. The summed E-state index contributed by atoms with van der Waals surface area (Å²) in [5.74, 6) is 0.914. The van der Waals surface area contributed by atoms with Gasteiger partial charge in [0.05, 0.1) is 48.3 Å². The molecule has 0 saturated carbocycles. The van der Waals surface area contributed by atoms with E-state index in [9.17, 15) is 12.8 Å². The number of hydrogen-bond donors (Lipinski definition) is 2. The average molecular weight is 749 g/mol. The highest BCUT2D eigenvalue weighted by Crippen LogP contribution is 2.29. The number of rotatable bonds is 8. The first-order valence-electron chi connectivity index (χ1n) is 15.9. The van der Waals surface area contributed by atoms with Crippen LogP contribution < -0.4 is 8.61 Å². The van der Waals surface area contributed by atoms with Gasteiger partial charge in [0.1, 0.15) is 17.2 Å². The van der Waals surface area contributed by atoms with Crippen LogP contribution >= 0.6 is 11.6 Å². The number of fused-ring (bicyclic) bond motifs is 2. The molecule has 4 heterocycles. The predicted molar refractivity (Wildman–Crippen MR) is 206 cm³/mol. The molecule has 2 N–H and O–H groups in total. The van der Waals surface area contributed by atoms with Crippen LogP contribution in [0.15, 0.2) is 144 Å². The Bertz CT molecular complexity index is 2370. The molecule has 10 nitrogen and oxygen atoms in total. The van der Waals surface area contributed by atoms with Crippen molar-refractivity contribution in [3.05, 3.63) is 145 Å². The number of aromatic amines is 2. The topological polar surface area (TPSA) is 124 Å². The van der Waals surface area contributed by atoms with E-state index in [-0.39, 0.29) is 5.69 Å². The zero-order valence-electron chi connectivity index (χ0n) is 27.8. The van der Waals surface area contributed by atoms with Crippen LogP contribution in [-0.4, -0.2) is 52.4 Å². The Labute approximate surface area is 308 Å². The summed E-state index contributed by atoms with van der Waals surface area (Å²) < 4.78 is 42.8. The van der Waals surface area contributed by atoms with Crippen molar-refractivity contribution in [3.63, 3.8) is 0 Å². The molecule has 0 aliphatic carbocycles. The molecule has 0 aliphatic heterocycles. The summed E-state index contributed by atoms with van der Waals surface area (Å²) in [6, 6.07) is 35.7. The third-order valence-corrected chi connectivity index (χ3v) is 11.0. The average Bonchev–Trinajstić information content (AvgIpc) is 3.82. The van der Waals surface area contributed by atoms with Crippen molar-refractivity contribution in [2.45, 2.75) is 9.79 Å². The second-order valence-corrected chi connectivity index (χ2v) is 14.8. The van der Waals surface area contributed by atoms with Crippen LogP contribution in [0.1, 0.15) is 0 Å². The maximum Gasteiger partial charge on any atom is 0.157 e. The van der Waals surface area contributed by atoms with Crippen LogP contribution in [0.4, 0.5) is 15.8 Å². The Morgan fingerprint density at radius 1 is 0.596 bits per heavy atom. The van der Waals surface area contributed by atoms with Crippen molar-refractivity contribution in [1.82, 2.24) is 29.9 Å². The van der Waals surface area contributed by atoms with E-state index in [0.29, 0.717) is 32.1 Å². The molecule has 0 radical (unpaired) electrons. The van der Waals surface area contributed by atoms with Crippen molar-refractivity contribution in [3.8, 4) is 23.0 Å². The smallest absolute Gasteiger partial charge is 0.157 e. The molecule has 2 atom stereocenters. The van der Waals surface area contributed by atoms with Crippen LogP contribution in [0.3, 0.4) is 0 Å². The van der Waals surface area contributed by atoms with Gasteiger partial charge >= 0.3 is 0 Å². The Hall–Kier alpha value is -5.76. The van der Waals surface area contributed by atoms with Crippen LogP contribution in [-0.2, 0) is 22.0 Å². The summed E-state index contributed by atoms with van der Waals surface area (Å²) in [5, 5.41) is 0.559. The third-order valence-electron chi connectivity index (χ3n) is 8.01. The molecule has 0 saturated heterocycles. The van der Waals surface area contributed by atoms with Gasteiger partial charge in [-0.2, -0.15) is 0 Å². The lowest BCUT2D eigenvalue weighted by molar-refractivity contribution is 0.627. The number of hydrogen-bond acceptors (Lipinski definition) is 6. The van der Waals surface area contributed by atoms with Crippen molar-refractivity contribution >= 4 is 67.0 Å². The zero-order chi connectivity index (χ0) is 36.2. The molecule has 4 aromatic heterocycles. The van der Waals surface area contributed by atoms with Crippen molar-refractivity contribution in [1.29, 1.82) is 0 Å². The molecule has 52 heavy (non-hydrogen) atoms. The lowest BCUT2D eigenvalue weighted by atomic mass is 10.3. The van der Waals surface area contributed by atoms with Gasteiger partial charge in [-0.25, -0.2) is 22.8 Å². The molecule has 0 amide bonds. The number of para-hydroxylation sites is 2. The lowest BCUT2D eigenvalue weighted by Gasteiger charge is -2.19. The minimum atomic E-state index is -1.55. The molecule has 8 rings (SSSR count). The lowest BCUT2D eigenvalue weighted by Crippen LogP contribution is -2.21. The van der Waals surface area contributed by atoms with Crippen LogP contribution in [0, 0.1) is 5.82 Å². The number of imidazole rings is 2. The fourth-order valence-electron chi connectivity index (χ4n) is 5.35. The minimum absolute atomic E-state index is 0.282. The van der Waals surface area contributed by atoms with E-state index in [2.05, 4.69) is 29.9 Å². The summed E-state index contributed by atoms with van der Waals surface area (Å²) in [5.41, 5.74) is 5.60. The number of aromatic nitrogens is 6. The van der Waals surface area contributed by atoms with Crippen molar-refractivity contribution in [2.24, 2.45) is 0 Å². The molecule has 2 unspecified atom stereocenters. The van der Waals surface area contributed by atoms with E-state index in [1.165, 1.54) is 10.4 Å². The Kier molecular flexibility index (Phi) is 10.2. The second kappa shape index (κ2) is 15.2. The number of H-pyrrole nitrogens is 2. The van der Waals surface area contributed by atoms with Crippen LogP contribution in [0.2, 0.25) is 5.02 Å². The van der Waals surface area contributed by atoms with Gasteiger partial charge in [0.15, 0.2) is 33.6 Å². The number of benzene rings is 4. The van der Waals surface area contributed by atoms with Gasteiger partial charge in [0.2, 0.25) is 0 Å². The van der Waals surface area contributed by atoms with E-state index in [0.717, 1.165) is 33.5 Å². The second-order valence-electron chi connectivity index (χ2n) is 11.4. The van der Waals surface area contributed by atoms with Gasteiger partial charge in [0, 0.05) is 26.5 Å². The highest BCUT2D eigenvalue weighted by atomic mass is 35.5. The largest absolute Gasteiger partial charge is 0.337 e. The van der Waals surface area contributed by atoms with E-state index < -0.39 is 27.8 Å². The molecule has 0 bridgehead atoms. The Balaban J connectivity index is 0.000000162. The molecular weight excluding hydrogens is 719 g/mol. The fourth-order valence-corrected chi connectivity index (χ4v) is 7.77. The number of nitrogens with zero attached hydrogens (tertiary/aromatic N) is 6. The normalized spacial score (nSPS) is 12.2. The maximum absolute atomic E-state index is 14.0. The molecule has 14 heteroatoms. The van der Waals surface area contributed by atoms with E-state index in [1.54, 1.807) is 73.3 Å². The van der Waals surface area contributed by atoms with Crippen molar-refractivity contribution in [2.75, 3.05) is 22.7 Å². The van der Waals surface area contributed by atoms with Gasteiger partial charge in [-0.05, 0) is 84.9 Å². The van der Waals surface area contributed by atoms with Crippen molar-refractivity contribution < 1.29 is 12.8 Å². The highest BCUT2D eigenvalue weighted by Gasteiger charge is 2.18. The number of pyridine rings is 2. The summed E-state index contributed by atoms with van der Waals surface area (Å²) in [6.07, 6.45) is 3.42.